The summed E-state index contributed by atoms with van der Waals surface area (Å²) in [5, 5.41) is 0.646. The van der Waals surface area contributed by atoms with Gasteiger partial charge in [-0.2, -0.15) is 0 Å². The summed E-state index contributed by atoms with van der Waals surface area (Å²) < 4.78 is 27.9. The number of carbonyl (C=O) groups is 1. The molecule has 0 bridgehead atoms. The Kier molecular flexibility index (Phi) is 4.87. The summed E-state index contributed by atoms with van der Waals surface area (Å²) in [5.74, 6) is -0.149. The van der Waals surface area contributed by atoms with Gasteiger partial charge in [0.1, 0.15) is 6.54 Å². The minimum Gasteiger partial charge on any atom is -0.347 e. The van der Waals surface area contributed by atoms with Crippen molar-refractivity contribution in [2.24, 2.45) is 0 Å². The van der Waals surface area contributed by atoms with E-state index in [-0.39, 0.29) is 23.1 Å². The van der Waals surface area contributed by atoms with Gasteiger partial charge in [0, 0.05) is 31.2 Å². The minimum atomic E-state index is -3.54. The van der Waals surface area contributed by atoms with Crippen LogP contribution in [0.5, 0.6) is 0 Å². The van der Waals surface area contributed by atoms with Crippen LogP contribution in [0.2, 0.25) is 0 Å². The van der Waals surface area contributed by atoms with Crippen molar-refractivity contribution in [1.29, 1.82) is 0 Å². The van der Waals surface area contributed by atoms with Crippen LogP contribution in [-0.2, 0) is 26.9 Å². The number of sulfone groups is 1. The highest BCUT2D eigenvalue weighted by Crippen LogP contribution is 2.28. The van der Waals surface area contributed by atoms with Gasteiger partial charge in [-0.1, -0.05) is 42.5 Å². The fourth-order valence-electron chi connectivity index (χ4n) is 2.93. The van der Waals surface area contributed by atoms with Gasteiger partial charge in [0.2, 0.25) is 5.91 Å². The van der Waals surface area contributed by atoms with E-state index in [0.29, 0.717) is 5.39 Å². The molecule has 3 rings (SSSR count). The third-order valence-corrected chi connectivity index (χ3v) is 6.18. The molecule has 0 saturated heterocycles. The van der Waals surface area contributed by atoms with Crippen LogP contribution in [0.1, 0.15) is 11.1 Å². The highest BCUT2D eigenvalue weighted by Gasteiger charge is 2.23. The van der Waals surface area contributed by atoms with E-state index < -0.39 is 9.84 Å². The van der Waals surface area contributed by atoms with Crippen LogP contribution in [0.25, 0.3) is 10.9 Å². The molecule has 1 aromatic heterocycles. The Morgan fingerprint density at radius 2 is 1.69 bits per heavy atom. The molecule has 136 valence electrons. The average Bonchev–Trinajstić information content (AvgIpc) is 2.96. The molecule has 0 spiro atoms. The number of aromatic nitrogens is 1. The van der Waals surface area contributed by atoms with Crippen LogP contribution < -0.4 is 0 Å². The number of nitrogens with zero attached hydrogens (tertiary/aromatic N) is 2. The first-order chi connectivity index (χ1) is 12.3. The van der Waals surface area contributed by atoms with Crippen molar-refractivity contribution in [2.45, 2.75) is 24.1 Å². The number of aryl methyl sites for hydroxylation is 1. The molecule has 0 saturated carbocycles. The molecule has 0 aliphatic rings. The van der Waals surface area contributed by atoms with E-state index in [0.717, 1.165) is 16.6 Å². The van der Waals surface area contributed by atoms with Gasteiger partial charge in [-0.15, -0.1) is 0 Å². The molecule has 0 atom stereocenters. The second-order valence-electron chi connectivity index (χ2n) is 6.61. The predicted octanol–water partition coefficient (Wildman–Crippen LogP) is 3.01. The number of fused-ring (bicyclic) bond motifs is 1. The minimum absolute atomic E-state index is 0.0602. The molecule has 0 aliphatic carbocycles. The number of hydrogen-bond donors (Lipinski definition) is 0. The van der Waals surface area contributed by atoms with E-state index in [2.05, 4.69) is 0 Å². The highest BCUT2D eigenvalue weighted by atomic mass is 32.2. The number of carbonyl (C=O) groups excluding carboxylic acids is 1. The van der Waals surface area contributed by atoms with Crippen molar-refractivity contribution in [3.63, 3.8) is 0 Å². The van der Waals surface area contributed by atoms with Gasteiger partial charge in [0.25, 0.3) is 0 Å². The second-order valence-corrected chi connectivity index (χ2v) is 8.57. The summed E-state index contributed by atoms with van der Waals surface area (Å²) >= 11 is 0. The lowest BCUT2D eigenvalue weighted by Crippen LogP contribution is -2.25. The molecule has 3 aromatic rings. The van der Waals surface area contributed by atoms with Crippen LogP contribution >= 0.6 is 0 Å². The molecule has 6 heteroatoms. The number of hydrogen-bond acceptors (Lipinski definition) is 3. The van der Waals surface area contributed by atoms with Gasteiger partial charge in [-0.3, -0.25) is 4.79 Å². The second kappa shape index (κ2) is 6.96. The van der Waals surface area contributed by atoms with Crippen LogP contribution in [0.15, 0.2) is 59.6 Å². The molecule has 1 amide bonds. The van der Waals surface area contributed by atoms with Gasteiger partial charge < -0.3 is 9.47 Å². The summed E-state index contributed by atoms with van der Waals surface area (Å²) in [7, 11) is -0.175. The molecule has 0 radical (unpaired) electrons. The zero-order valence-corrected chi connectivity index (χ0v) is 16.0. The highest BCUT2D eigenvalue weighted by molar-refractivity contribution is 7.90. The SMILES string of the molecule is Cc1ccccc1CS(=O)(=O)c1cn(CC(=O)N(C)C)c2ccccc12. The first-order valence-electron chi connectivity index (χ1n) is 8.35. The van der Waals surface area contributed by atoms with Crippen molar-refractivity contribution in [3.05, 3.63) is 65.9 Å². The Morgan fingerprint density at radius 1 is 1.04 bits per heavy atom. The zero-order valence-electron chi connectivity index (χ0n) is 15.1. The molecule has 5 nitrogen and oxygen atoms in total. The van der Waals surface area contributed by atoms with Crippen molar-refractivity contribution in [1.82, 2.24) is 9.47 Å². The Morgan fingerprint density at radius 3 is 2.38 bits per heavy atom. The van der Waals surface area contributed by atoms with Crippen molar-refractivity contribution in [2.75, 3.05) is 14.1 Å². The van der Waals surface area contributed by atoms with Crippen molar-refractivity contribution in [3.8, 4) is 0 Å². The molecule has 0 aliphatic heterocycles. The molecule has 26 heavy (non-hydrogen) atoms. The monoisotopic (exact) mass is 370 g/mol. The largest absolute Gasteiger partial charge is 0.347 e. The van der Waals surface area contributed by atoms with Gasteiger partial charge in [0.05, 0.1) is 10.6 Å². The smallest absolute Gasteiger partial charge is 0.241 e. The molecule has 0 fully saturated rings. The lowest BCUT2D eigenvalue weighted by molar-refractivity contribution is -0.129. The molecule has 2 aromatic carbocycles. The van der Waals surface area contributed by atoms with Gasteiger partial charge in [-0.05, 0) is 24.1 Å². The predicted molar refractivity (Wildman–Crippen MR) is 103 cm³/mol. The van der Waals surface area contributed by atoms with Crippen LogP contribution in [0.3, 0.4) is 0 Å². The van der Waals surface area contributed by atoms with E-state index in [1.54, 1.807) is 30.9 Å². The van der Waals surface area contributed by atoms with Crippen LogP contribution in [0, 0.1) is 6.92 Å². The van der Waals surface area contributed by atoms with E-state index >= 15 is 0 Å². The van der Waals surface area contributed by atoms with Crippen molar-refractivity contribution < 1.29 is 13.2 Å². The van der Waals surface area contributed by atoms with E-state index in [1.165, 1.54) is 4.90 Å². The van der Waals surface area contributed by atoms with Crippen molar-refractivity contribution >= 4 is 26.6 Å². The molecular formula is C20H22N2O3S. The Hall–Kier alpha value is -2.60. The number of amides is 1. The summed E-state index contributed by atoms with van der Waals surface area (Å²) in [6, 6.07) is 14.8. The number of benzene rings is 2. The zero-order chi connectivity index (χ0) is 18.9. The summed E-state index contributed by atoms with van der Waals surface area (Å²) in [4.78, 5) is 13.9. The topological polar surface area (TPSA) is 59.4 Å². The summed E-state index contributed by atoms with van der Waals surface area (Å²) in [6.07, 6.45) is 1.58. The quantitative estimate of drug-likeness (QED) is 0.694. The van der Waals surface area contributed by atoms with Gasteiger partial charge in [-0.25, -0.2) is 8.42 Å². The maximum absolute atomic E-state index is 13.1. The van der Waals surface area contributed by atoms with E-state index in [1.807, 2.05) is 49.4 Å². The maximum atomic E-state index is 13.1. The Bertz CT molecular complexity index is 1070. The van der Waals surface area contributed by atoms with E-state index in [4.69, 9.17) is 0 Å². The lowest BCUT2D eigenvalue weighted by Gasteiger charge is -2.11. The maximum Gasteiger partial charge on any atom is 0.241 e. The fraction of sp³-hybridized carbons (Fsp3) is 0.250. The number of rotatable bonds is 5. The third-order valence-electron chi connectivity index (χ3n) is 4.50. The standard InChI is InChI=1S/C20H22N2O3S/c1-15-8-4-5-9-16(15)14-26(24,25)19-12-22(13-20(23)21(2)3)18-11-7-6-10-17(18)19/h4-12H,13-14H2,1-3H3. The summed E-state index contributed by atoms with van der Waals surface area (Å²) in [6.45, 7) is 2.01. The number of para-hydroxylation sites is 1. The molecule has 0 N–H and O–H groups in total. The van der Waals surface area contributed by atoms with Gasteiger partial charge >= 0.3 is 0 Å². The Balaban J connectivity index is 2.07. The number of likely N-dealkylation sites (N-methyl/N-ethyl adjacent to an activating group) is 1. The normalized spacial score (nSPS) is 11.7. The first-order valence-corrected chi connectivity index (χ1v) is 10.00. The third kappa shape index (κ3) is 3.51. The van der Waals surface area contributed by atoms with E-state index in [9.17, 15) is 13.2 Å². The summed E-state index contributed by atoms with van der Waals surface area (Å²) in [5.41, 5.74) is 2.47. The fourth-order valence-corrected chi connectivity index (χ4v) is 4.62. The average molecular weight is 370 g/mol. The first kappa shape index (κ1) is 18.2. The lowest BCUT2D eigenvalue weighted by atomic mass is 10.1. The molecule has 1 heterocycles. The van der Waals surface area contributed by atoms with Gasteiger partial charge in [0.15, 0.2) is 9.84 Å². The molecule has 0 unspecified atom stereocenters. The van der Waals surface area contributed by atoms with Crippen LogP contribution in [-0.4, -0.2) is 37.9 Å². The van der Waals surface area contributed by atoms with Crippen LogP contribution in [0.4, 0.5) is 0 Å². The molecular weight excluding hydrogens is 348 g/mol. The Labute approximate surface area is 153 Å².